The minimum atomic E-state index is -0.546. The molecule has 0 radical (unpaired) electrons. The van der Waals surface area contributed by atoms with Gasteiger partial charge < -0.3 is 15.4 Å². The van der Waals surface area contributed by atoms with E-state index >= 15 is 0 Å². The van der Waals surface area contributed by atoms with Crippen LogP contribution in [0.4, 0.5) is 11.4 Å². The number of hydrogen-bond acceptors (Lipinski definition) is 6. The average molecular weight is 532 g/mol. The highest BCUT2D eigenvalue weighted by molar-refractivity contribution is 6.48. The van der Waals surface area contributed by atoms with Crippen LogP contribution in [-0.2, 0) is 20.7 Å². The van der Waals surface area contributed by atoms with Crippen LogP contribution in [0.5, 0.6) is 0 Å². The number of halogens is 1. The first-order chi connectivity index (χ1) is 18.4. The third kappa shape index (κ3) is 6.27. The highest BCUT2D eigenvalue weighted by atomic mass is 35.5. The number of ether oxygens (including phenoxy) is 1. The standard InChI is InChI=1S/C29H26ClN3O5/c1-2-18-38-29(37)21-10-14-23(15-11-21)32-26(34)20-8-12-22(13-9-20)31-25-24(30)27(35)33(28(25)36)17-16-19-6-4-3-5-7-19/h3-15,31H,2,16-18H2,1H3,(H,32,34). The van der Waals surface area contributed by atoms with Crippen molar-refractivity contribution in [2.45, 2.75) is 19.8 Å². The Morgan fingerprint density at radius 3 is 2.13 bits per heavy atom. The third-order valence-electron chi connectivity index (χ3n) is 5.81. The zero-order chi connectivity index (χ0) is 27.1. The molecule has 3 amide bonds. The van der Waals surface area contributed by atoms with Crippen molar-refractivity contribution in [1.82, 2.24) is 4.90 Å². The van der Waals surface area contributed by atoms with Gasteiger partial charge in [-0.05, 0) is 66.9 Å². The maximum absolute atomic E-state index is 12.9. The molecule has 8 nitrogen and oxygen atoms in total. The lowest BCUT2D eigenvalue weighted by molar-refractivity contribution is -0.137. The van der Waals surface area contributed by atoms with Gasteiger partial charge in [0.2, 0.25) is 0 Å². The Hall–Kier alpha value is -4.43. The SMILES string of the molecule is CCCOC(=O)c1ccc(NC(=O)c2ccc(NC3=C(Cl)C(=O)N(CCc4ccccc4)C3=O)cc2)cc1. The summed E-state index contributed by atoms with van der Waals surface area (Å²) in [5.41, 5.74) is 2.80. The molecule has 0 bridgehead atoms. The van der Waals surface area contributed by atoms with Gasteiger partial charge in [0.05, 0.1) is 12.2 Å². The number of benzene rings is 3. The molecule has 2 N–H and O–H groups in total. The van der Waals surface area contributed by atoms with E-state index in [9.17, 15) is 19.2 Å². The molecule has 194 valence electrons. The Kier molecular flexibility index (Phi) is 8.55. The summed E-state index contributed by atoms with van der Waals surface area (Å²) >= 11 is 6.19. The van der Waals surface area contributed by atoms with Crippen LogP contribution in [0.3, 0.4) is 0 Å². The van der Waals surface area contributed by atoms with Crippen molar-refractivity contribution < 1.29 is 23.9 Å². The molecule has 3 aromatic carbocycles. The summed E-state index contributed by atoms with van der Waals surface area (Å²) in [4.78, 5) is 51.1. The second-order valence-electron chi connectivity index (χ2n) is 8.56. The topological polar surface area (TPSA) is 105 Å². The molecule has 0 saturated carbocycles. The van der Waals surface area contributed by atoms with Gasteiger partial charge in [0.15, 0.2) is 0 Å². The van der Waals surface area contributed by atoms with Crippen molar-refractivity contribution in [3.63, 3.8) is 0 Å². The van der Waals surface area contributed by atoms with Gasteiger partial charge in [0.25, 0.3) is 17.7 Å². The van der Waals surface area contributed by atoms with Gasteiger partial charge in [-0.25, -0.2) is 4.79 Å². The number of nitrogens with one attached hydrogen (secondary N) is 2. The molecule has 1 aliphatic heterocycles. The quantitative estimate of drug-likeness (QED) is 0.282. The molecule has 0 saturated heterocycles. The van der Waals surface area contributed by atoms with E-state index in [1.54, 1.807) is 48.5 Å². The summed E-state index contributed by atoms with van der Waals surface area (Å²) in [5.74, 6) is -1.81. The maximum atomic E-state index is 12.9. The van der Waals surface area contributed by atoms with Crippen molar-refractivity contribution in [2.75, 3.05) is 23.8 Å². The molecule has 0 spiro atoms. The van der Waals surface area contributed by atoms with Crippen LogP contribution < -0.4 is 10.6 Å². The Bertz CT molecular complexity index is 1370. The van der Waals surface area contributed by atoms with E-state index < -0.39 is 17.8 Å². The molecule has 1 heterocycles. The molecular weight excluding hydrogens is 506 g/mol. The molecule has 38 heavy (non-hydrogen) atoms. The first kappa shape index (κ1) is 26.6. The Morgan fingerprint density at radius 1 is 0.842 bits per heavy atom. The lowest BCUT2D eigenvalue weighted by Gasteiger charge is -2.15. The summed E-state index contributed by atoms with van der Waals surface area (Å²) in [6, 6.07) is 22.3. The van der Waals surface area contributed by atoms with Gasteiger partial charge in [0.1, 0.15) is 10.7 Å². The number of anilines is 2. The second-order valence-corrected chi connectivity index (χ2v) is 8.93. The van der Waals surface area contributed by atoms with Crippen molar-refractivity contribution in [3.8, 4) is 0 Å². The summed E-state index contributed by atoms with van der Waals surface area (Å²) in [6.07, 6.45) is 1.26. The number of hydrogen-bond donors (Lipinski definition) is 2. The lowest BCUT2D eigenvalue weighted by atomic mass is 10.1. The Balaban J connectivity index is 1.34. The molecule has 0 unspecified atom stereocenters. The first-order valence-electron chi connectivity index (χ1n) is 12.1. The van der Waals surface area contributed by atoms with E-state index in [1.165, 1.54) is 0 Å². The Labute approximate surface area is 225 Å². The molecular formula is C29H26ClN3O5. The van der Waals surface area contributed by atoms with Crippen LogP contribution in [0, 0.1) is 0 Å². The van der Waals surface area contributed by atoms with E-state index in [-0.39, 0.29) is 23.2 Å². The number of nitrogens with zero attached hydrogens (tertiary/aromatic N) is 1. The van der Waals surface area contributed by atoms with E-state index in [0.717, 1.165) is 16.9 Å². The predicted molar refractivity (Wildman–Crippen MR) is 145 cm³/mol. The molecule has 3 aromatic rings. The summed E-state index contributed by atoms with van der Waals surface area (Å²) in [6.45, 7) is 2.48. The van der Waals surface area contributed by atoms with Gasteiger partial charge in [-0.2, -0.15) is 0 Å². The maximum Gasteiger partial charge on any atom is 0.338 e. The van der Waals surface area contributed by atoms with Crippen LogP contribution in [0.2, 0.25) is 0 Å². The zero-order valence-corrected chi connectivity index (χ0v) is 21.5. The molecule has 0 atom stereocenters. The molecule has 0 aromatic heterocycles. The normalized spacial score (nSPS) is 13.1. The predicted octanol–water partition coefficient (Wildman–Crippen LogP) is 4.98. The number of carbonyl (C=O) groups excluding carboxylic acids is 4. The fourth-order valence-corrected chi connectivity index (χ4v) is 3.99. The first-order valence-corrected chi connectivity index (χ1v) is 12.5. The van der Waals surface area contributed by atoms with Crippen LogP contribution >= 0.6 is 11.6 Å². The second kappa shape index (κ2) is 12.2. The molecule has 0 aliphatic carbocycles. The fourth-order valence-electron chi connectivity index (χ4n) is 3.76. The van der Waals surface area contributed by atoms with Gasteiger partial charge in [-0.15, -0.1) is 0 Å². The smallest absolute Gasteiger partial charge is 0.338 e. The highest BCUT2D eigenvalue weighted by Crippen LogP contribution is 2.26. The van der Waals surface area contributed by atoms with E-state index in [2.05, 4.69) is 10.6 Å². The molecule has 9 heteroatoms. The van der Waals surface area contributed by atoms with Crippen molar-refractivity contribution in [1.29, 1.82) is 0 Å². The molecule has 1 aliphatic rings. The average Bonchev–Trinajstić information content (AvgIpc) is 3.14. The lowest BCUT2D eigenvalue weighted by Crippen LogP contribution is -2.34. The Morgan fingerprint density at radius 2 is 1.47 bits per heavy atom. The van der Waals surface area contributed by atoms with E-state index in [4.69, 9.17) is 16.3 Å². The number of rotatable bonds is 10. The summed E-state index contributed by atoms with van der Waals surface area (Å²) < 4.78 is 5.10. The fraction of sp³-hybridized carbons (Fsp3) is 0.172. The van der Waals surface area contributed by atoms with Crippen molar-refractivity contribution in [2.24, 2.45) is 0 Å². The number of carbonyl (C=O) groups is 4. The van der Waals surface area contributed by atoms with Crippen LogP contribution in [-0.4, -0.2) is 41.7 Å². The number of amides is 3. The van der Waals surface area contributed by atoms with Gasteiger partial charge in [-0.1, -0.05) is 48.9 Å². The van der Waals surface area contributed by atoms with Gasteiger partial charge in [0, 0.05) is 23.5 Å². The van der Waals surface area contributed by atoms with E-state index in [1.807, 2.05) is 37.3 Å². The molecule has 0 fully saturated rings. The largest absolute Gasteiger partial charge is 0.462 e. The minimum Gasteiger partial charge on any atom is -0.462 e. The monoisotopic (exact) mass is 531 g/mol. The third-order valence-corrected chi connectivity index (χ3v) is 6.16. The van der Waals surface area contributed by atoms with Crippen LogP contribution in [0.25, 0.3) is 0 Å². The van der Waals surface area contributed by atoms with Crippen molar-refractivity contribution >= 4 is 46.7 Å². The van der Waals surface area contributed by atoms with Gasteiger partial charge >= 0.3 is 5.97 Å². The highest BCUT2D eigenvalue weighted by Gasteiger charge is 2.37. The minimum absolute atomic E-state index is 0.000479. The number of esters is 1. The van der Waals surface area contributed by atoms with E-state index in [0.29, 0.717) is 35.5 Å². The van der Waals surface area contributed by atoms with Crippen LogP contribution in [0.15, 0.2) is 89.6 Å². The zero-order valence-electron chi connectivity index (χ0n) is 20.7. The van der Waals surface area contributed by atoms with Gasteiger partial charge in [-0.3, -0.25) is 19.3 Å². The number of imide groups is 1. The van der Waals surface area contributed by atoms with Crippen molar-refractivity contribution in [3.05, 3.63) is 106 Å². The van der Waals surface area contributed by atoms with Crippen LogP contribution in [0.1, 0.15) is 39.6 Å². The summed E-state index contributed by atoms with van der Waals surface area (Å²) in [5, 5.41) is 5.50. The molecule has 4 rings (SSSR count). The summed E-state index contributed by atoms with van der Waals surface area (Å²) in [7, 11) is 0.